The molecule has 2 rings (SSSR count). The van der Waals surface area contributed by atoms with Gasteiger partial charge in [0.15, 0.2) is 0 Å². The molecule has 0 aliphatic carbocycles. The van der Waals surface area contributed by atoms with E-state index in [-0.39, 0.29) is 16.5 Å². The van der Waals surface area contributed by atoms with Gasteiger partial charge in [-0.25, -0.2) is 0 Å². The summed E-state index contributed by atoms with van der Waals surface area (Å²) in [5.74, 6) is 0.232. The minimum atomic E-state index is -4.36. The van der Waals surface area contributed by atoms with Crippen LogP contribution < -0.4 is 0 Å². The maximum Gasteiger partial charge on any atom is 0.415 e. The van der Waals surface area contributed by atoms with Crippen molar-refractivity contribution in [2.24, 2.45) is 4.99 Å². The second-order valence-electron chi connectivity index (χ2n) is 12.7. The van der Waals surface area contributed by atoms with Gasteiger partial charge in [0.05, 0.1) is 4.92 Å². The molecule has 52 heavy (non-hydrogen) atoms. The Morgan fingerprint density at radius 1 is 1.00 bits per heavy atom. The van der Waals surface area contributed by atoms with Crippen LogP contribution in [0.2, 0.25) is 0 Å². The van der Waals surface area contributed by atoms with Crippen LogP contribution in [0.3, 0.4) is 0 Å². The summed E-state index contributed by atoms with van der Waals surface area (Å²) in [6, 6.07) is 5.14. The number of alkyl halides is 3. The quantitative estimate of drug-likeness (QED) is 0.0414. The summed E-state index contributed by atoms with van der Waals surface area (Å²) in [6.45, 7) is 29.2. The predicted octanol–water partition coefficient (Wildman–Crippen LogP) is 14.5. The molecule has 0 radical (unpaired) electrons. The fraction of sp³-hybridized carbons (Fsp3) is 0.558. The van der Waals surface area contributed by atoms with E-state index in [2.05, 4.69) is 82.9 Å². The number of nitrogens with one attached hydrogen (secondary N) is 1. The number of allylic oxidation sites excluding steroid dienone is 7. The molecule has 0 spiro atoms. The van der Waals surface area contributed by atoms with E-state index in [0.717, 1.165) is 106 Å². The highest BCUT2D eigenvalue weighted by Gasteiger charge is 2.29. The molecule has 1 heterocycles. The maximum absolute atomic E-state index is 11.9. The number of nitrogens with zero attached hydrogens (tertiary/aromatic N) is 2. The van der Waals surface area contributed by atoms with Gasteiger partial charge < -0.3 is 9.72 Å². The monoisotopic (exact) mass is 732 g/mol. The maximum atomic E-state index is 11.9. The molecule has 294 valence electrons. The minimum absolute atomic E-state index is 0.156. The van der Waals surface area contributed by atoms with E-state index >= 15 is 0 Å². The first kappa shape index (κ1) is 50.4. The van der Waals surface area contributed by atoms with Gasteiger partial charge in [-0.2, -0.15) is 13.2 Å². The van der Waals surface area contributed by atoms with Gasteiger partial charge in [0.1, 0.15) is 0 Å². The number of nitro groups is 1. The normalized spacial score (nSPS) is 12.5. The Morgan fingerprint density at radius 2 is 1.62 bits per heavy atom. The predicted molar refractivity (Wildman–Crippen MR) is 219 cm³/mol. The van der Waals surface area contributed by atoms with Crippen molar-refractivity contribution in [3.63, 3.8) is 0 Å². The number of rotatable bonds is 18. The molecule has 1 N–H and O–H groups in total. The molecule has 9 heteroatoms. The molecule has 0 aliphatic heterocycles. The fourth-order valence-electron chi connectivity index (χ4n) is 4.59. The molecule has 0 saturated carbocycles. The van der Waals surface area contributed by atoms with E-state index in [1.54, 1.807) is 19.1 Å². The zero-order chi connectivity index (χ0) is 40.1. The number of benzene rings is 1. The van der Waals surface area contributed by atoms with Gasteiger partial charge >= 0.3 is 6.18 Å². The number of aromatic amines is 1. The molecule has 1 aromatic carbocycles. The number of non-ortho nitro benzene ring substituents is 1. The third-order valence-electron chi connectivity index (χ3n) is 7.72. The molecular formula is C43H68F3N3O3. The van der Waals surface area contributed by atoms with Crippen molar-refractivity contribution in [1.29, 1.82) is 0 Å². The van der Waals surface area contributed by atoms with Crippen molar-refractivity contribution in [3.8, 4) is 0 Å². The van der Waals surface area contributed by atoms with E-state index in [1.165, 1.54) is 22.4 Å². The lowest BCUT2D eigenvalue weighted by Crippen LogP contribution is -2.08. The number of aliphatic imine (C=N–C) groups is 1. The number of aromatic nitrogens is 1. The molecule has 1 unspecified atom stereocenters. The first-order valence-corrected chi connectivity index (χ1v) is 18.9. The Hall–Kier alpha value is -3.72. The molecule has 0 aliphatic rings. The number of fused-ring (bicyclic) bond motifs is 1. The largest absolute Gasteiger partial charge is 0.415 e. The van der Waals surface area contributed by atoms with E-state index < -0.39 is 11.7 Å². The van der Waals surface area contributed by atoms with Crippen LogP contribution in [0.1, 0.15) is 144 Å². The molecule has 6 nitrogen and oxygen atoms in total. The molecule has 0 amide bonds. The van der Waals surface area contributed by atoms with Gasteiger partial charge in [-0.1, -0.05) is 98.1 Å². The van der Waals surface area contributed by atoms with Crippen LogP contribution in [0.4, 0.5) is 18.9 Å². The minimum Gasteiger partial charge on any atom is -0.381 e. The number of ether oxygens (including phenoxy) is 1. The lowest BCUT2D eigenvalue weighted by Gasteiger charge is -2.15. The molecule has 1 aromatic heterocycles. The SMILES string of the molecule is C/C=C\C(=C/CCC)C(C)c1[nH]c2ccc([N+](=O)[O-])cc2c1CCCC.C=C(/C=C\N=C(C)CCC)C(F)(F)F.C=C(C)CC.CCCOCCC. The van der Waals surface area contributed by atoms with Gasteiger partial charge in [0, 0.05) is 65.3 Å². The van der Waals surface area contributed by atoms with Gasteiger partial charge in [0.25, 0.3) is 5.69 Å². The molecule has 1 atom stereocenters. The lowest BCUT2D eigenvalue weighted by atomic mass is 9.91. The summed E-state index contributed by atoms with van der Waals surface area (Å²) in [5, 5.41) is 12.2. The zero-order valence-electron chi connectivity index (χ0n) is 33.8. The number of hydrogen-bond acceptors (Lipinski definition) is 4. The van der Waals surface area contributed by atoms with Crippen molar-refractivity contribution in [2.45, 2.75) is 146 Å². The van der Waals surface area contributed by atoms with Crippen molar-refractivity contribution >= 4 is 22.3 Å². The van der Waals surface area contributed by atoms with Crippen LogP contribution in [-0.2, 0) is 11.2 Å². The smallest absolute Gasteiger partial charge is 0.381 e. The van der Waals surface area contributed by atoms with Crippen molar-refractivity contribution < 1.29 is 22.8 Å². The average Bonchev–Trinajstić information content (AvgIpc) is 3.47. The number of hydrogen-bond donors (Lipinski definition) is 1. The molecule has 0 saturated heterocycles. The standard InChI is InChI=1S/C22H30N2O2.C10H14F3N.C6H14O.C5H10/c1-5-8-11-17(10-7-3)16(4)22-19(12-9-6-2)20-15-18(24(25)26)13-14-21(20)23-22;1-4-5-9(3)14-7-6-8(2)10(11,12)13;1-3-5-7-6-4-2;1-4-5(2)3/h7,10-11,13-16,23H,5-6,8-9,12H2,1-4H3;6-7H,2,4-5H2,1,3H3;3-6H2,1-2H3;2,4H2,1,3H3/b10-7-,17-11+;7-6-,14-9?;;. The summed E-state index contributed by atoms with van der Waals surface area (Å²) in [4.78, 5) is 18.3. The summed E-state index contributed by atoms with van der Waals surface area (Å²) in [6.07, 6.45) is 14.6. The van der Waals surface area contributed by atoms with Crippen LogP contribution in [0.25, 0.3) is 10.9 Å². The molecular weight excluding hydrogens is 663 g/mol. The molecule has 0 fully saturated rings. The highest BCUT2D eigenvalue weighted by molar-refractivity contribution is 5.87. The summed E-state index contributed by atoms with van der Waals surface area (Å²) in [5.41, 5.74) is 6.05. The topological polar surface area (TPSA) is 80.5 Å². The Balaban J connectivity index is 0. The van der Waals surface area contributed by atoms with Crippen LogP contribution in [0.15, 0.2) is 83.6 Å². The van der Waals surface area contributed by atoms with E-state index in [0.29, 0.717) is 0 Å². The lowest BCUT2D eigenvalue weighted by molar-refractivity contribution is -0.384. The van der Waals surface area contributed by atoms with Crippen LogP contribution in [0.5, 0.6) is 0 Å². The Labute approximate surface area is 313 Å². The second kappa shape index (κ2) is 29.8. The third kappa shape index (κ3) is 22.3. The summed E-state index contributed by atoms with van der Waals surface area (Å²) >= 11 is 0. The second-order valence-corrected chi connectivity index (χ2v) is 12.7. The number of nitro benzene ring substituents is 1. The third-order valence-corrected chi connectivity index (χ3v) is 7.72. The Kier molecular flexibility index (Phi) is 28.9. The summed E-state index contributed by atoms with van der Waals surface area (Å²) in [7, 11) is 0. The highest BCUT2D eigenvalue weighted by Crippen LogP contribution is 2.35. The summed E-state index contributed by atoms with van der Waals surface area (Å²) < 4.78 is 40.9. The van der Waals surface area contributed by atoms with Crippen molar-refractivity contribution in [2.75, 3.05) is 13.2 Å². The zero-order valence-corrected chi connectivity index (χ0v) is 33.8. The van der Waals surface area contributed by atoms with Crippen molar-refractivity contribution in [1.82, 2.24) is 4.98 Å². The van der Waals surface area contributed by atoms with E-state index in [1.807, 2.05) is 26.8 Å². The van der Waals surface area contributed by atoms with Gasteiger partial charge in [-0.3, -0.25) is 15.1 Å². The number of unbranched alkanes of at least 4 members (excludes halogenated alkanes) is 2. The van der Waals surface area contributed by atoms with Crippen LogP contribution in [-0.4, -0.2) is 35.0 Å². The average molecular weight is 732 g/mol. The van der Waals surface area contributed by atoms with E-state index in [9.17, 15) is 23.3 Å². The van der Waals surface area contributed by atoms with Crippen molar-refractivity contribution in [3.05, 3.63) is 100.0 Å². The number of halogens is 3. The highest BCUT2D eigenvalue weighted by atomic mass is 19.4. The first-order chi connectivity index (χ1) is 24.6. The van der Waals surface area contributed by atoms with Crippen LogP contribution >= 0.6 is 0 Å². The Morgan fingerprint density at radius 3 is 2.08 bits per heavy atom. The van der Waals surface area contributed by atoms with Gasteiger partial charge in [-0.05, 0) is 89.0 Å². The molecule has 0 bridgehead atoms. The Bertz CT molecular complexity index is 1430. The van der Waals surface area contributed by atoms with Gasteiger partial charge in [-0.15, -0.1) is 6.58 Å². The van der Waals surface area contributed by atoms with Gasteiger partial charge in [0.2, 0.25) is 0 Å². The number of aryl methyl sites for hydroxylation is 1. The van der Waals surface area contributed by atoms with Crippen LogP contribution in [0, 0.1) is 10.1 Å². The number of H-pyrrole nitrogens is 1. The first-order valence-electron chi connectivity index (χ1n) is 18.9. The van der Waals surface area contributed by atoms with E-state index in [4.69, 9.17) is 4.74 Å². The molecule has 2 aromatic rings. The fourth-order valence-corrected chi connectivity index (χ4v) is 4.59.